The van der Waals surface area contributed by atoms with Crippen molar-refractivity contribution in [1.29, 1.82) is 0 Å². The first-order valence-electron chi connectivity index (χ1n) is 7.63. The second kappa shape index (κ2) is 7.81. The Kier molecular flexibility index (Phi) is 6.69. The summed E-state index contributed by atoms with van der Waals surface area (Å²) in [6, 6.07) is 10.1. The van der Waals surface area contributed by atoms with Gasteiger partial charge in [0.1, 0.15) is 0 Å². The Hall–Kier alpha value is -1.06. The van der Waals surface area contributed by atoms with Gasteiger partial charge in [-0.2, -0.15) is 0 Å². The number of amides is 1. The first-order chi connectivity index (χ1) is 9.52. The van der Waals surface area contributed by atoms with Crippen LogP contribution in [0.25, 0.3) is 0 Å². The number of nitrogens with two attached hydrogens (primary N) is 1. The molecule has 118 valence electrons. The topological polar surface area (TPSA) is 46.3 Å². The normalized spacial score (nSPS) is 21.0. The van der Waals surface area contributed by atoms with Crippen LogP contribution >= 0.6 is 12.4 Å². The number of hydrogen-bond acceptors (Lipinski definition) is 2. The fraction of sp³-hybridized carbons (Fsp3) is 0.588. The molecule has 0 saturated carbocycles. The smallest absolute Gasteiger partial charge is 0.227 e. The molecule has 1 aromatic carbocycles. The van der Waals surface area contributed by atoms with E-state index in [0.29, 0.717) is 12.0 Å². The minimum absolute atomic E-state index is 0. The van der Waals surface area contributed by atoms with Crippen LogP contribution < -0.4 is 5.73 Å². The number of carbonyl (C=O) groups is 1. The predicted octanol–water partition coefficient (Wildman–Crippen LogP) is 3.39. The van der Waals surface area contributed by atoms with E-state index >= 15 is 0 Å². The van der Waals surface area contributed by atoms with Gasteiger partial charge in [0.2, 0.25) is 5.91 Å². The molecule has 1 fully saturated rings. The van der Waals surface area contributed by atoms with Crippen molar-refractivity contribution in [3.8, 4) is 0 Å². The number of nitrogens with zero attached hydrogens (tertiary/aromatic N) is 1. The second-order valence-corrected chi connectivity index (χ2v) is 6.21. The van der Waals surface area contributed by atoms with Crippen LogP contribution in [0.5, 0.6) is 0 Å². The van der Waals surface area contributed by atoms with Gasteiger partial charge in [0.05, 0.1) is 5.92 Å². The number of rotatable bonds is 4. The highest BCUT2D eigenvalue weighted by molar-refractivity contribution is 5.85. The Morgan fingerprint density at radius 3 is 2.43 bits per heavy atom. The average Bonchev–Trinajstić information content (AvgIpc) is 2.95. The van der Waals surface area contributed by atoms with Crippen molar-refractivity contribution in [2.24, 2.45) is 17.6 Å². The highest BCUT2D eigenvalue weighted by Gasteiger charge is 2.35. The first kappa shape index (κ1) is 18.0. The first-order valence-corrected chi connectivity index (χ1v) is 7.63. The standard InChI is InChI=1S/C17H26N2O.ClH/c1-12(2)15-10-7-11-19(15)17(20)13(3)16(18)14-8-5-4-6-9-14;/h4-6,8-9,12-13,15-16H,7,10-11,18H2,1-3H3;1H. The maximum absolute atomic E-state index is 12.7. The zero-order chi connectivity index (χ0) is 14.7. The maximum Gasteiger partial charge on any atom is 0.227 e. The van der Waals surface area contributed by atoms with Gasteiger partial charge < -0.3 is 10.6 Å². The predicted molar refractivity (Wildman–Crippen MR) is 89.4 cm³/mol. The van der Waals surface area contributed by atoms with Crippen LogP contribution in [0.3, 0.4) is 0 Å². The summed E-state index contributed by atoms with van der Waals surface area (Å²) in [5.74, 6) is 0.552. The molecule has 0 aromatic heterocycles. The quantitative estimate of drug-likeness (QED) is 0.926. The monoisotopic (exact) mass is 310 g/mol. The molecule has 1 heterocycles. The second-order valence-electron chi connectivity index (χ2n) is 6.21. The van der Waals surface area contributed by atoms with Crippen molar-refractivity contribution in [2.75, 3.05) is 6.54 Å². The third-order valence-corrected chi connectivity index (χ3v) is 4.46. The number of halogens is 1. The lowest BCUT2D eigenvalue weighted by Gasteiger charge is -2.32. The van der Waals surface area contributed by atoms with E-state index in [1.165, 1.54) is 0 Å². The Bertz CT molecular complexity index is 449. The van der Waals surface area contributed by atoms with Gasteiger partial charge in [0, 0.05) is 18.6 Å². The summed E-state index contributed by atoms with van der Waals surface area (Å²) in [4.78, 5) is 14.8. The average molecular weight is 311 g/mol. The molecule has 0 bridgehead atoms. The lowest BCUT2D eigenvalue weighted by atomic mass is 9.93. The van der Waals surface area contributed by atoms with Gasteiger partial charge in [-0.15, -0.1) is 12.4 Å². The summed E-state index contributed by atoms with van der Waals surface area (Å²) in [6.07, 6.45) is 2.23. The Morgan fingerprint density at radius 1 is 1.24 bits per heavy atom. The van der Waals surface area contributed by atoms with Crippen molar-refractivity contribution >= 4 is 18.3 Å². The van der Waals surface area contributed by atoms with Crippen LogP contribution in [0.2, 0.25) is 0 Å². The molecule has 4 heteroatoms. The van der Waals surface area contributed by atoms with E-state index in [2.05, 4.69) is 18.7 Å². The van der Waals surface area contributed by atoms with Gasteiger partial charge >= 0.3 is 0 Å². The van der Waals surface area contributed by atoms with Gasteiger partial charge in [-0.1, -0.05) is 51.1 Å². The van der Waals surface area contributed by atoms with Crippen LogP contribution in [-0.4, -0.2) is 23.4 Å². The summed E-state index contributed by atoms with van der Waals surface area (Å²) >= 11 is 0. The van der Waals surface area contributed by atoms with Gasteiger partial charge in [0.25, 0.3) is 0 Å². The van der Waals surface area contributed by atoms with Crippen LogP contribution in [0.15, 0.2) is 30.3 Å². The molecule has 1 aromatic rings. The van der Waals surface area contributed by atoms with Gasteiger partial charge in [0.15, 0.2) is 0 Å². The summed E-state index contributed by atoms with van der Waals surface area (Å²) in [6.45, 7) is 7.22. The van der Waals surface area contributed by atoms with Crippen molar-refractivity contribution in [1.82, 2.24) is 4.90 Å². The molecular formula is C17H27ClN2O. The third-order valence-electron chi connectivity index (χ3n) is 4.46. The van der Waals surface area contributed by atoms with Crippen LogP contribution in [0.4, 0.5) is 0 Å². The molecule has 2 N–H and O–H groups in total. The van der Waals surface area contributed by atoms with E-state index in [4.69, 9.17) is 5.73 Å². The van der Waals surface area contributed by atoms with E-state index in [9.17, 15) is 4.79 Å². The summed E-state index contributed by atoms with van der Waals surface area (Å²) in [7, 11) is 0. The lowest BCUT2D eigenvalue weighted by Crippen LogP contribution is -2.43. The van der Waals surface area contributed by atoms with Gasteiger partial charge in [-0.3, -0.25) is 4.79 Å². The van der Waals surface area contributed by atoms with E-state index in [1.807, 2.05) is 37.3 Å². The summed E-state index contributed by atoms with van der Waals surface area (Å²) in [5.41, 5.74) is 7.32. The number of carbonyl (C=O) groups excluding carboxylic acids is 1. The maximum atomic E-state index is 12.7. The fourth-order valence-electron chi connectivity index (χ4n) is 3.14. The zero-order valence-electron chi connectivity index (χ0n) is 13.2. The molecule has 1 amide bonds. The molecule has 3 unspecified atom stereocenters. The minimum atomic E-state index is -0.225. The largest absolute Gasteiger partial charge is 0.339 e. The molecule has 0 radical (unpaired) electrons. The van der Waals surface area contributed by atoms with E-state index in [1.54, 1.807) is 0 Å². The fourth-order valence-corrected chi connectivity index (χ4v) is 3.14. The van der Waals surface area contributed by atoms with E-state index in [0.717, 1.165) is 24.9 Å². The molecule has 0 aliphatic carbocycles. The highest BCUT2D eigenvalue weighted by Crippen LogP contribution is 2.28. The van der Waals surface area contributed by atoms with Crippen molar-refractivity contribution in [3.05, 3.63) is 35.9 Å². The van der Waals surface area contributed by atoms with E-state index in [-0.39, 0.29) is 30.3 Å². The molecule has 0 spiro atoms. The molecule has 3 nitrogen and oxygen atoms in total. The van der Waals surface area contributed by atoms with Crippen LogP contribution in [-0.2, 0) is 4.79 Å². The number of hydrogen-bond donors (Lipinski definition) is 1. The summed E-state index contributed by atoms with van der Waals surface area (Å²) in [5, 5.41) is 0. The van der Waals surface area contributed by atoms with Gasteiger partial charge in [-0.25, -0.2) is 0 Å². The molecule has 21 heavy (non-hydrogen) atoms. The highest BCUT2D eigenvalue weighted by atomic mass is 35.5. The van der Waals surface area contributed by atoms with Crippen molar-refractivity contribution in [3.63, 3.8) is 0 Å². The SMILES string of the molecule is CC(C)C1CCCN1C(=O)C(C)C(N)c1ccccc1.Cl. The molecule has 1 aliphatic rings. The minimum Gasteiger partial charge on any atom is -0.339 e. The third kappa shape index (κ3) is 3.98. The molecular weight excluding hydrogens is 284 g/mol. The Labute approximate surface area is 134 Å². The lowest BCUT2D eigenvalue weighted by molar-refractivity contribution is -0.137. The van der Waals surface area contributed by atoms with E-state index < -0.39 is 0 Å². The molecule has 1 aliphatic heterocycles. The molecule has 2 rings (SSSR count). The molecule has 1 saturated heterocycles. The summed E-state index contributed by atoms with van der Waals surface area (Å²) < 4.78 is 0. The van der Waals surface area contributed by atoms with Crippen LogP contribution in [0, 0.1) is 11.8 Å². The van der Waals surface area contributed by atoms with Crippen LogP contribution in [0.1, 0.15) is 45.2 Å². The van der Waals surface area contributed by atoms with Gasteiger partial charge in [-0.05, 0) is 24.3 Å². The Balaban J connectivity index is 0.00000220. The Morgan fingerprint density at radius 2 is 1.86 bits per heavy atom. The number of likely N-dealkylation sites (tertiary alicyclic amines) is 1. The van der Waals surface area contributed by atoms with Crippen molar-refractivity contribution < 1.29 is 4.79 Å². The zero-order valence-corrected chi connectivity index (χ0v) is 14.0. The van der Waals surface area contributed by atoms with Crippen molar-refractivity contribution in [2.45, 2.75) is 45.7 Å². The number of benzene rings is 1. The molecule has 3 atom stereocenters.